The van der Waals surface area contributed by atoms with E-state index in [1.165, 1.54) is 0 Å². The van der Waals surface area contributed by atoms with Gasteiger partial charge >= 0.3 is 6.09 Å². The number of rotatable bonds is 2. The fourth-order valence-corrected chi connectivity index (χ4v) is 2.47. The Morgan fingerprint density at radius 3 is 2.86 bits per heavy atom. The van der Waals surface area contributed by atoms with Gasteiger partial charge in [-0.1, -0.05) is 0 Å². The second-order valence-corrected chi connectivity index (χ2v) is 6.49. The topological polar surface area (TPSA) is 60.2 Å². The van der Waals surface area contributed by atoms with Crippen molar-refractivity contribution in [2.24, 2.45) is 5.92 Å². The zero-order valence-corrected chi connectivity index (χ0v) is 12.6. The molecular weight excluding hydrogens is 268 g/mol. The van der Waals surface area contributed by atoms with Gasteiger partial charge in [-0.05, 0) is 32.9 Å². The van der Waals surface area contributed by atoms with Crippen molar-refractivity contribution in [3.63, 3.8) is 0 Å². The predicted molar refractivity (Wildman–Crippen MR) is 78.8 cm³/mol. The fourth-order valence-electron chi connectivity index (χ4n) is 2.47. The number of carbonyl (C=O) groups excluding carboxylic acids is 1. The lowest BCUT2D eigenvalue weighted by Gasteiger charge is -2.39. The summed E-state index contributed by atoms with van der Waals surface area (Å²) in [6, 6.07) is 3.83. The largest absolute Gasteiger partial charge is 0.444 e. The first-order valence-electron chi connectivity index (χ1n) is 7.16. The minimum absolute atomic E-state index is 0.229. The Kier molecular flexibility index (Phi) is 3.31. The van der Waals surface area contributed by atoms with Crippen LogP contribution in [-0.2, 0) is 11.3 Å². The molecule has 2 aromatic rings. The number of pyridine rings is 1. The Morgan fingerprint density at radius 2 is 2.14 bits per heavy atom. The zero-order valence-electron chi connectivity index (χ0n) is 12.6. The molecule has 0 radical (unpaired) electrons. The predicted octanol–water partition coefficient (Wildman–Crippen LogP) is 2.30. The fraction of sp³-hybridized carbons (Fsp3) is 0.533. The van der Waals surface area contributed by atoms with Crippen LogP contribution in [0.15, 0.2) is 24.7 Å². The smallest absolute Gasteiger partial charge is 0.410 e. The second-order valence-electron chi connectivity index (χ2n) is 6.49. The highest BCUT2D eigenvalue weighted by atomic mass is 16.6. The second kappa shape index (κ2) is 5.02. The molecule has 6 nitrogen and oxygen atoms in total. The van der Waals surface area contributed by atoms with Crippen molar-refractivity contribution in [2.75, 3.05) is 13.1 Å². The number of fused-ring (bicyclic) bond motifs is 1. The number of likely N-dealkylation sites (tertiary alicyclic amines) is 1. The average Bonchev–Trinajstić information content (AvgIpc) is 2.74. The number of amides is 1. The summed E-state index contributed by atoms with van der Waals surface area (Å²) in [5.41, 5.74) is 1.36. The Balaban J connectivity index is 1.57. The molecule has 3 rings (SSSR count). The third-order valence-electron chi connectivity index (χ3n) is 3.44. The summed E-state index contributed by atoms with van der Waals surface area (Å²) in [5, 5.41) is 0. The molecule has 3 heterocycles. The number of nitrogens with zero attached hydrogens (tertiary/aromatic N) is 4. The summed E-state index contributed by atoms with van der Waals surface area (Å²) in [7, 11) is 0. The van der Waals surface area contributed by atoms with Crippen molar-refractivity contribution in [3.05, 3.63) is 24.7 Å². The van der Waals surface area contributed by atoms with Crippen LogP contribution in [0.5, 0.6) is 0 Å². The van der Waals surface area contributed by atoms with Gasteiger partial charge in [0.05, 0.1) is 6.33 Å². The first kappa shape index (κ1) is 13.9. The van der Waals surface area contributed by atoms with Gasteiger partial charge in [0, 0.05) is 31.7 Å². The average molecular weight is 288 g/mol. The van der Waals surface area contributed by atoms with Crippen LogP contribution in [-0.4, -0.2) is 44.2 Å². The summed E-state index contributed by atoms with van der Waals surface area (Å²) >= 11 is 0. The van der Waals surface area contributed by atoms with Crippen LogP contribution >= 0.6 is 0 Å². The lowest BCUT2D eigenvalue weighted by atomic mass is 10.0. The van der Waals surface area contributed by atoms with Crippen molar-refractivity contribution in [1.82, 2.24) is 19.4 Å². The monoisotopic (exact) mass is 288 g/mol. The number of ether oxygens (including phenoxy) is 1. The standard InChI is InChI=1S/C15H20N4O2/c1-15(2,3)21-14(20)18-7-11(8-18)9-19-10-17-12-5-4-6-16-13(12)19/h4-6,10-11H,7-9H2,1-3H3. The van der Waals surface area contributed by atoms with Gasteiger partial charge in [-0.2, -0.15) is 0 Å². The van der Waals surface area contributed by atoms with E-state index in [1.54, 1.807) is 11.1 Å². The van der Waals surface area contributed by atoms with Crippen molar-refractivity contribution < 1.29 is 9.53 Å². The SMILES string of the molecule is CC(C)(C)OC(=O)N1CC(Cn2cnc3cccnc32)C1. The van der Waals surface area contributed by atoms with Gasteiger partial charge in [0.2, 0.25) is 0 Å². The van der Waals surface area contributed by atoms with Gasteiger partial charge in [0.25, 0.3) is 0 Å². The highest BCUT2D eigenvalue weighted by molar-refractivity contribution is 5.70. The van der Waals surface area contributed by atoms with Crippen LogP contribution in [0.4, 0.5) is 4.79 Å². The molecule has 1 aliphatic rings. The summed E-state index contributed by atoms with van der Waals surface area (Å²) in [6.45, 7) is 7.91. The third kappa shape index (κ3) is 2.99. The molecule has 6 heteroatoms. The van der Waals surface area contributed by atoms with Gasteiger partial charge in [0.15, 0.2) is 5.65 Å². The summed E-state index contributed by atoms with van der Waals surface area (Å²) < 4.78 is 7.40. The summed E-state index contributed by atoms with van der Waals surface area (Å²) in [4.78, 5) is 22.3. The molecule has 0 atom stereocenters. The molecule has 0 aliphatic carbocycles. The van der Waals surface area contributed by atoms with E-state index < -0.39 is 5.60 Å². The van der Waals surface area contributed by atoms with Crippen molar-refractivity contribution in [2.45, 2.75) is 32.9 Å². The highest BCUT2D eigenvalue weighted by Gasteiger charge is 2.33. The van der Waals surface area contributed by atoms with E-state index in [1.807, 2.05) is 43.8 Å². The van der Waals surface area contributed by atoms with Gasteiger partial charge in [0.1, 0.15) is 11.1 Å². The molecule has 0 bridgehead atoms. The normalized spacial score (nSPS) is 16.0. The number of imidazole rings is 1. The Hall–Kier alpha value is -2.11. The maximum absolute atomic E-state index is 11.9. The molecular formula is C15H20N4O2. The molecule has 1 saturated heterocycles. The highest BCUT2D eigenvalue weighted by Crippen LogP contribution is 2.22. The summed E-state index contributed by atoms with van der Waals surface area (Å²) in [5.74, 6) is 0.428. The number of hydrogen-bond donors (Lipinski definition) is 0. The number of carbonyl (C=O) groups is 1. The minimum atomic E-state index is -0.438. The zero-order chi connectivity index (χ0) is 15.0. The molecule has 0 N–H and O–H groups in total. The lowest BCUT2D eigenvalue weighted by molar-refractivity contribution is -0.00319. The molecule has 112 valence electrons. The maximum Gasteiger partial charge on any atom is 0.410 e. The van der Waals surface area contributed by atoms with Gasteiger partial charge < -0.3 is 14.2 Å². The van der Waals surface area contributed by atoms with E-state index in [4.69, 9.17) is 4.74 Å². The van der Waals surface area contributed by atoms with Crippen molar-refractivity contribution in [1.29, 1.82) is 0 Å². The summed E-state index contributed by atoms with van der Waals surface area (Å²) in [6.07, 6.45) is 3.36. The third-order valence-corrected chi connectivity index (χ3v) is 3.44. The Labute approximate surface area is 123 Å². The molecule has 1 amide bonds. The Bertz CT molecular complexity index is 653. The Morgan fingerprint density at radius 1 is 1.38 bits per heavy atom. The molecule has 0 spiro atoms. The van der Waals surface area contributed by atoms with E-state index in [9.17, 15) is 4.79 Å². The first-order chi connectivity index (χ1) is 9.92. The molecule has 0 saturated carbocycles. The minimum Gasteiger partial charge on any atom is -0.444 e. The van der Waals surface area contributed by atoms with E-state index >= 15 is 0 Å². The van der Waals surface area contributed by atoms with Gasteiger partial charge in [-0.15, -0.1) is 0 Å². The number of aromatic nitrogens is 3. The van der Waals surface area contributed by atoms with E-state index in [-0.39, 0.29) is 6.09 Å². The molecule has 21 heavy (non-hydrogen) atoms. The molecule has 0 aromatic carbocycles. The van der Waals surface area contributed by atoms with Crippen LogP contribution in [0, 0.1) is 5.92 Å². The van der Waals surface area contributed by atoms with Crippen LogP contribution in [0.1, 0.15) is 20.8 Å². The maximum atomic E-state index is 11.9. The van der Waals surface area contributed by atoms with Crippen molar-refractivity contribution >= 4 is 17.3 Å². The van der Waals surface area contributed by atoms with E-state index in [0.717, 1.165) is 30.8 Å². The van der Waals surface area contributed by atoms with Crippen LogP contribution in [0.25, 0.3) is 11.2 Å². The number of hydrogen-bond acceptors (Lipinski definition) is 4. The van der Waals surface area contributed by atoms with Gasteiger partial charge in [-0.3, -0.25) is 0 Å². The van der Waals surface area contributed by atoms with E-state index in [0.29, 0.717) is 5.92 Å². The molecule has 0 unspecified atom stereocenters. The van der Waals surface area contributed by atoms with Crippen LogP contribution in [0.3, 0.4) is 0 Å². The van der Waals surface area contributed by atoms with Crippen molar-refractivity contribution in [3.8, 4) is 0 Å². The van der Waals surface area contributed by atoms with Gasteiger partial charge in [-0.25, -0.2) is 14.8 Å². The quantitative estimate of drug-likeness (QED) is 0.850. The van der Waals surface area contributed by atoms with Crippen LogP contribution in [0.2, 0.25) is 0 Å². The molecule has 1 fully saturated rings. The lowest BCUT2D eigenvalue weighted by Crippen LogP contribution is -2.52. The molecule has 1 aliphatic heterocycles. The van der Waals surface area contributed by atoms with E-state index in [2.05, 4.69) is 9.97 Å². The van der Waals surface area contributed by atoms with Crippen LogP contribution < -0.4 is 0 Å². The first-order valence-corrected chi connectivity index (χ1v) is 7.16. The molecule has 2 aromatic heterocycles.